The number of hydrogen-bond donors (Lipinski definition) is 2. The second-order valence-electron chi connectivity index (χ2n) is 3.97. The number of carbonyl (C=O) groups excluding carboxylic acids is 1. The molecule has 1 amide bonds. The summed E-state index contributed by atoms with van der Waals surface area (Å²) in [5.41, 5.74) is 1.27. The molecule has 0 saturated carbocycles. The zero-order valence-corrected chi connectivity index (χ0v) is 12.7. The molecule has 2 aromatic rings. The summed E-state index contributed by atoms with van der Waals surface area (Å²) in [6.07, 6.45) is -0.603. The van der Waals surface area contributed by atoms with Gasteiger partial charge < -0.3 is 4.74 Å². The lowest BCUT2D eigenvalue weighted by Crippen LogP contribution is -2.14. The molecule has 0 fully saturated rings. The maximum absolute atomic E-state index is 11.7. The summed E-state index contributed by atoms with van der Waals surface area (Å²) in [5.74, 6) is 0. The summed E-state index contributed by atoms with van der Waals surface area (Å²) in [6, 6.07) is 12.5. The average Bonchev–Trinajstić information content (AvgIpc) is 2.42. The van der Waals surface area contributed by atoms with E-state index in [0.29, 0.717) is 20.6 Å². The number of benzene rings is 2. The first-order chi connectivity index (χ1) is 9.56. The number of carbonyl (C=O) groups is 1. The van der Waals surface area contributed by atoms with E-state index >= 15 is 0 Å². The second kappa shape index (κ2) is 6.88. The van der Waals surface area contributed by atoms with Gasteiger partial charge in [0.1, 0.15) is 6.61 Å². The molecule has 0 heterocycles. The van der Waals surface area contributed by atoms with Crippen molar-refractivity contribution in [1.29, 1.82) is 0 Å². The molecule has 3 nitrogen and oxygen atoms in total. The van der Waals surface area contributed by atoms with Crippen LogP contribution in [0.25, 0.3) is 0 Å². The molecular weight excluding hydrogens is 317 g/mol. The summed E-state index contributed by atoms with van der Waals surface area (Å²) in [5, 5.41) is 3.30. The SMILES string of the molecule is O=C(Nc1c(S)cc(Cl)cc1Cl)OCc1ccccc1. The predicted molar refractivity (Wildman–Crippen MR) is 84.0 cm³/mol. The van der Waals surface area contributed by atoms with Gasteiger partial charge in [-0.15, -0.1) is 12.6 Å². The number of nitrogens with one attached hydrogen (secondary N) is 1. The molecule has 1 N–H and O–H groups in total. The number of amides is 1. The van der Waals surface area contributed by atoms with Gasteiger partial charge in [-0.1, -0.05) is 53.5 Å². The highest BCUT2D eigenvalue weighted by atomic mass is 35.5. The minimum Gasteiger partial charge on any atom is -0.444 e. The van der Waals surface area contributed by atoms with Gasteiger partial charge in [0.25, 0.3) is 0 Å². The fourth-order valence-corrected chi connectivity index (χ4v) is 2.54. The van der Waals surface area contributed by atoms with E-state index in [-0.39, 0.29) is 6.61 Å². The number of hydrogen-bond acceptors (Lipinski definition) is 3. The molecule has 0 aromatic heterocycles. The van der Waals surface area contributed by atoms with Crippen LogP contribution in [-0.4, -0.2) is 6.09 Å². The van der Waals surface area contributed by atoms with Crippen LogP contribution in [0, 0.1) is 0 Å². The summed E-state index contributed by atoms with van der Waals surface area (Å²) in [4.78, 5) is 12.2. The first-order valence-electron chi connectivity index (χ1n) is 5.72. The molecule has 0 bridgehead atoms. The van der Waals surface area contributed by atoms with Crippen molar-refractivity contribution < 1.29 is 9.53 Å². The van der Waals surface area contributed by atoms with Crippen LogP contribution in [0.4, 0.5) is 10.5 Å². The van der Waals surface area contributed by atoms with Crippen molar-refractivity contribution in [2.45, 2.75) is 11.5 Å². The van der Waals surface area contributed by atoms with Gasteiger partial charge in [0.05, 0.1) is 10.7 Å². The van der Waals surface area contributed by atoms with E-state index in [1.165, 1.54) is 6.07 Å². The van der Waals surface area contributed by atoms with Crippen molar-refractivity contribution >= 4 is 47.6 Å². The minimum absolute atomic E-state index is 0.180. The minimum atomic E-state index is -0.603. The maximum atomic E-state index is 11.7. The molecule has 0 spiro atoms. The van der Waals surface area contributed by atoms with Crippen LogP contribution in [0.15, 0.2) is 47.4 Å². The van der Waals surface area contributed by atoms with Gasteiger partial charge >= 0.3 is 6.09 Å². The Morgan fingerprint density at radius 3 is 2.55 bits per heavy atom. The zero-order chi connectivity index (χ0) is 14.5. The lowest BCUT2D eigenvalue weighted by atomic mass is 10.2. The van der Waals surface area contributed by atoms with E-state index in [9.17, 15) is 4.79 Å². The first-order valence-corrected chi connectivity index (χ1v) is 6.92. The van der Waals surface area contributed by atoms with Crippen LogP contribution in [0.1, 0.15) is 5.56 Å². The van der Waals surface area contributed by atoms with Gasteiger partial charge in [-0.2, -0.15) is 0 Å². The van der Waals surface area contributed by atoms with Crippen molar-refractivity contribution in [3.05, 3.63) is 58.1 Å². The quantitative estimate of drug-likeness (QED) is 0.776. The third-order valence-electron chi connectivity index (χ3n) is 2.47. The lowest BCUT2D eigenvalue weighted by Gasteiger charge is -2.11. The van der Waals surface area contributed by atoms with Crippen molar-refractivity contribution in [3.63, 3.8) is 0 Å². The molecular formula is C14H11Cl2NO2S. The number of thiol groups is 1. The number of halogens is 2. The van der Waals surface area contributed by atoms with Crippen molar-refractivity contribution in [1.82, 2.24) is 0 Å². The van der Waals surface area contributed by atoms with Crippen LogP contribution >= 0.6 is 35.8 Å². The van der Waals surface area contributed by atoms with E-state index in [2.05, 4.69) is 17.9 Å². The Balaban J connectivity index is 1.98. The van der Waals surface area contributed by atoms with Crippen LogP contribution in [-0.2, 0) is 11.3 Å². The molecule has 0 aliphatic rings. The van der Waals surface area contributed by atoms with Gasteiger partial charge in [-0.3, -0.25) is 5.32 Å². The lowest BCUT2D eigenvalue weighted by molar-refractivity contribution is 0.155. The standard InChI is InChI=1S/C14H11Cl2NO2S/c15-10-6-11(16)13(12(20)7-10)17-14(18)19-8-9-4-2-1-3-5-9/h1-7,20H,8H2,(H,17,18). The summed E-state index contributed by atoms with van der Waals surface area (Å²) >= 11 is 16.0. The molecule has 2 aromatic carbocycles. The molecule has 0 unspecified atom stereocenters. The fourth-order valence-electron chi connectivity index (χ4n) is 1.55. The Hall–Kier alpha value is -1.36. The number of ether oxygens (including phenoxy) is 1. The highest BCUT2D eigenvalue weighted by Crippen LogP contribution is 2.32. The Morgan fingerprint density at radius 2 is 1.90 bits per heavy atom. The molecule has 0 aliphatic carbocycles. The highest BCUT2D eigenvalue weighted by Gasteiger charge is 2.11. The molecule has 0 aliphatic heterocycles. The van der Waals surface area contributed by atoms with E-state index in [1.54, 1.807) is 6.07 Å². The second-order valence-corrected chi connectivity index (χ2v) is 5.29. The third-order valence-corrected chi connectivity index (χ3v) is 3.34. The largest absolute Gasteiger partial charge is 0.444 e. The predicted octanol–water partition coefficient (Wildman–Crippen LogP) is 5.03. The van der Waals surface area contributed by atoms with Gasteiger partial charge in [0, 0.05) is 9.92 Å². The van der Waals surface area contributed by atoms with E-state index in [4.69, 9.17) is 27.9 Å². The number of anilines is 1. The van der Waals surface area contributed by atoms with Crippen molar-refractivity contribution in [3.8, 4) is 0 Å². The molecule has 0 saturated heterocycles. The van der Waals surface area contributed by atoms with Crippen LogP contribution < -0.4 is 5.32 Å². The monoisotopic (exact) mass is 327 g/mol. The first kappa shape index (κ1) is 15.0. The average molecular weight is 328 g/mol. The van der Waals surface area contributed by atoms with Crippen LogP contribution in [0.3, 0.4) is 0 Å². The van der Waals surface area contributed by atoms with Gasteiger partial charge in [-0.05, 0) is 17.7 Å². The van der Waals surface area contributed by atoms with E-state index in [0.717, 1.165) is 5.56 Å². The molecule has 2 rings (SSSR count). The Morgan fingerprint density at radius 1 is 1.20 bits per heavy atom. The zero-order valence-electron chi connectivity index (χ0n) is 10.3. The molecule has 0 radical (unpaired) electrons. The van der Waals surface area contributed by atoms with Gasteiger partial charge in [0.15, 0.2) is 0 Å². The van der Waals surface area contributed by atoms with Crippen LogP contribution in [0.2, 0.25) is 10.0 Å². The molecule has 0 atom stereocenters. The summed E-state index contributed by atoms with van der Waals surface area (Å²) in [7, 11) is 0. The Kier molecular flexibility index (Phi) is 5.17. The smallest absolute Gasteiger partial charge is 0.412 e. The molecule has 104 valence electrons. The summed E-state index contributed by atoms with van der Waals surface area (Å²) in [6.45, 7) is 0.180. The van der Waals surface area contributed by atoms with Gasteiger partial charge in [-0.25, -0.2) is 4.79 Å². The highest BCUT2D eigenvalue weighted by molar-refractivity contribution is 7.80. The molecule has 6 heteroatoms. The Labute approximate surface area is 132 Å². The fraction of sp³-hybridized carbons (Fsp3) is 0.0714. The number of rotatable bonds is 3. The Bertz CT molecular complexity index is 597. The van der Waals surface area contributed by atoms with Crippen molar-refractivity contribution in [2.75, 3.05) is 5.32 Å². The molecule has 20 heavy (non-hydrogen) atoms. The summed E-state index contributed by atoms with van der Waals surface area (Å²) < 4.78 is 5.10. The third kappa shape index (κ3) is 4.07. The van der Waals surface area contributed by atoms with Crippen molar-refractivity contribution in [2.24, 2.45) is 0 Å². The topological polar surface area (TPSA) is 38.3 Å². The van der Waals surface area contributed by atoms with Crippen LogP contribution in [0.5, 0.6) is 0 Å². The van der Waals surface area contributed by atoms with Gasteiger partial charge in [0.2, 0.25) is 0 Å². The van der Waals surface area contributed by atoms with E-state index in [1.807, 2.05) is 30.3 Å². The normalized spacial score (nSPS) is 10.2. The maximum Gasteiger partial charge on any atom is 0.412 e. The van der Waals surface area contributed by atoms with E-state index < -0.39 is 6.09 Å².